The van der Waals surface area contributed by atoms with Gasteiger partial charge in [0.2, 0.25) is 0 Å². The van der Waals surface area contributed by atoms with E-state index in [4.69, 9.17) is 9.15 Å². The lowest BCUT2D eigenvalue weighted by Gasteiger charge is -2.08. The molecule has 0 unspecified atom stereocenters. The maximum Gasteiger partial charge on any atom is 0.181 e. The van der Waals surface area contributed by atoms with Crippen LogP contribution in [-0.2, 0) is 17.7 Å². The molecule has 1 N–H and O–H groups in total. The Bertz CT molecular complexity index is 319. The molecule has 0 saturated heterocycles. The average Bonchev–Trinajstić information content (AvgIpc) is 2.97. The van der Waals surface area contributed by atoms with E-state index in [1.807, 2.05) is 0 Å². The zero-order valence-corrected chi connectivity index (χ0v) is 10.6. The highest BCUT2D eigenvalue weighted by molar-refractivity contribution is 5.08. The van der Waals surface area contributed by atoms with E-state index in [1.165, 1.54) is 25.7 Å². The van der Waals surface area contributed by atoms with Crippen molar-refractivity contribution >= 4 is 0 Å². The van der Waals surface area contributed by atoms with Crippen molar-refractivity contribution in [2.45, 2.75) is 38.6 Å². The van der Waals surface area contributed by atoms with E-state index >= 15 is 0 Å². The molecule has 0 amide bonds. The van der Waals surface area contributed by atoms with Gasteiger partial charge in [-0.05, 0) is 5.92 Å². The molecule has 96 valence electrons. The third-order valence-corrected chi connectivity index (χ3v) is 3.45. The lowest BCUT2D eigenvalue weighted by molar-refractivity contribution is 0.199. The number of hydrogen-bond donors (Lipinski definition) is 1. The van der Waals surface area contributed by atoms with Crippen molar-refractivity contribution in [1.82, 2.24) is 10.3 Å². The molecule has 2 rings (SSSR count). The van der Waals surface area contributed by atoms with Crippen LogP contribution in [0.5, 0.6) is 0 Å². The Balaban J connectivity index is 1.79. The SMILES string of the molecule is COCCNCc1ncoc1CC1CCCC1. The number of nitrogens with zero attached hydrogens (tertiary/aromatic N) is 1. The summed E-state index contributed by atoms with van der Waals surface area (Å²) < 4.78 is 10.5. The van der Waals surface area contributed by atoms with Crippen molar-refractivity contribution in [3.8, 4) is 0 Å². The fourth-order valence-corrected chi connectivity index (χ4v) is 2.46. The van der Waals surface area contributed by atoms with Gasteiger partial charge in [0.05, 0.1) is 12.3 Å². The first-order valence-electron chi connectivity index (χ1n) is 6.51. The van der Waals surface area contributed by atoms with Gasteiger partial charge in [-0.25, -0.2) is 4.98 Å². The van der Waals surface area contributed by atoms with Crippen molar-refractivity contribution in [2.24, 2.45) is 5.92 Å². The Hall–Kier alpha value is -0.870. The Morgan fingerprint density at radius 1 is 1.47 bits per heavy atom. The van der Waals surface area contributed by atoms with Gasteiger partial charge in [-0.2, -0.15) is 0 Å². The number of rotatable bonds is 7. The molecule has 1 saturated carbocycles. The number of hydrogen-bond acceptors (Lipinski definition) is 4. The van der Waals surface area contributed by atoms with E-state index < -0.39 is 0 Å². The Kier molecular flexibility index (Phi) is 5.01. The maximum atomic E-state index is 5.50. The molecule has 1 aliphatic rings. The van der Waals surface area contributed by atoms with Crippen LogP contribution in [0.2, 0.25) is 0 Å². The van der Waals surface area contributed by atoms with E-state index in [1.54, 1.807) is 13.5 Å². The van der Waals surface area contributed by atoms with Gasteiger partial charge >= 0.3 is 0 Å². The topological polar surface area (TPSA) is 47.3 Å². The van der Waals surface area contributed by atoms with Crippen LogP contribution in [0.1, 0.15) is 37.1 Å². The molecule has 1 heterocycles. The van der Waals surface area contributed by atoms with Crippen LogP contribution in [0, 0.1) is 5.92 Å². The third kappa shape index (κ3) is 3.82. The van der Waals surface area contributed by atoms with Gasteiger partial charge in [0.1, 0.15) is 5.76 Å². The molecule has 0 spiro atoms. The predicted molar refractivity (Wildman–Crippen MR) is 65.7 cm³/mol. The molecule has 0 aromatic carbocycles. The summed E-state index contributed by atoms with van der Waals surface area (Å²) in [6, 6.07) is 0. The monoisotopic (exact) mass is 238 g/mol. The summed E-state index contributed by atoms with van der Waals surface area (Å²) in [5, 5.41) is 3.31. The van der Waals surface area contributed by atoms with Crippen LogP contribution < -0.4 is 5.32 Å². The highest BCUT2D eigenvalue weighted by Crippen LogP contribution is 2.28. The summed E-state index contributed by atoms with van der Waals surface area (Å²) in [7, 11) is 1.71. The van der Waals surface area contributed by atoms with Gasteiger partial charge in [-0.15, -0.1) is 0 Å². The second-order valence-corrected chi connectivity index (χ2v) is 4.75. The van der Waals surface area contributed by atoms with E-state index in [2.05, 4.69) is 10.3 Å². The summed E-state index contributed by atoms with van der Waals surface area (Å²) in [4.78, 5) is 4.29. The molecule has 0 atom stereocenters. The average molecular weight is 238 g/mol. The lowest BCUT2D eigenvalue weighted by Crippen LogP contribution is -2.19. The minimum atomic E-state index is 0.732. The molecule has 1 aromatic heterocycles. The Morgan fingerprint density at radius 3 is 3.06 bits per heavy atom. The second kappa shape index (κ2) is 6.77. The smallest absolute Gasteiger partial charge is 0.181 e. The molecular weight excluding hydrogens is 216 g/mol. The summed E-state index contributed by atoms with van der Waals surface area (Å²) in [6.07, 6.45) is 8.06. The zero-order valence-electron chi connectivity index (χ0n) is 10.6. The van der Waals surface area contributed by atoms with E-state index in [9.17, 15) is 0 Å². The third-order valence-electron chi connectivity index (χ3n) is 3.45. The lowest BCUT2D eigenvalue weighted by atomic mass is 10.0. The maximum absolute atomic E-state index is 5.50. The number of ether oxygens (including phenoxy) is 1. The van der Waals surface area contributed by atoms with E-state index in [0.717, 1.165) is 43.5 Å². The minimum Gasteiger partial charge on any atom is -0.448 e. The van der Waals surface area contributed by atoms with Crippen LogP contribution in [-0.4, -0.2) is 25.2 Å². The number of nitrogens with one attached hydrogen (secondary N) is 1. The van der Waals surface area contributed by atoms with Crippen LogP contribution in [0.3, 0.4) is 0 Å². The highest BCUT2D eigenvalue weighted by atomic mass is 16.5. The fourth-order valence-electron chi connectivity index (χ4n) is 2.46. The van der Waals surface area contributed by atoms with E-state index in [0.29, 0.717) is 0 Å². The zero-order chi connectivity index (χ0) is 11.9. The molecule has 0 aliphatic heterocycles. The molecule has 1 aliphatic carbocycles. The van der Waals surface area contributed by atoms with Crippen molar-refractivity contribution in [3.05, 3.63) is 17.8 Å². The fraction of sp³-hybridized carbons (Fsp3) is 0.769. The van der Waals surface area contributed by atoms with Gasteiger partial charge < -0.3 is 14.5 Å². The first kappa shape index (κ1) is 12.6. The van der Waals surface area contributed by atoms with Crippen molar-refractivity contribution in [1.29, 1.82) is 0 Å². The molecule has 0 bridgehead atoms. The van der Waals surface area contributed by atoms with Crippen molar-refractivity contribution in [2.75, 3.05) is 20.3 Å². The summed E-state index contributed by atoms with van der Waals surface area (Å²) in [5.41, 5.74) is 1.06. The second-order valence-electron chi connectivity index (χ2n) is 4.75. The minimum absolute atomic E-state index is 0.732. The van der Waals surface area contributed by atoms with Gasteiger partial charge in [-0.3, -0.25) is 0 Å². The van der Waals surface area contributed by atoms with E-state index in [-0.39, 0.29) is 0 Å². The number of aromatic nitrogens is 1. The molecule has 4 heteroatoms. The molecule has 1 fully saturated rings. The standard InChI is InChI=1S/C13H22N2O2/c1-16-7-6-14-9-12-13(17-10-15-12)8-11-4-2-3-5-11/h10-11,14H,2-9H2,1H3. The summed E-state index contributed by atoms with van der Waals surface area (Å²) >= 11 is 0. The molecule has 0 radical (unpaired) electrons. The largest absolute Gasteiger partial charge is 0.448 e. The number of methoxy groups -OCH3 is 1. The summed E-state index contributed by atoms with van der Waals surface area (Å²) in [5.74, 6) is 1.88. The van der Waals surface area contributed by atoms with Crippen molar-refractivity contribution < 1.29 is 9.15 Å². The first-order valence-corrected chi connectivity index (χ1v) is 6.51. The Morgan fingerprint density at radius 2 is 2.29 bits per heavy atom. The molecule has 4 nitrogen and oxygen atoms in total. The quantitative estimate of drug-likeness (QED) is 0.739. The first-order chi connectivity index (χ1) is 8.40. The van der Waals surface area contributed by atoms with Gasteiger partial charge in [0, 0.05) is 26.6 Å². The van der Waals surface area contributed by atoms with Gasteiger partial charge in [0.15, 0.2) is 6.39 Å². The van der Waals surface area contributed by atoms with Gasteiger partial charge in [-0.1, -0.05) is 25.7 Å². The predicted octanol–water partition coefficient (Wildman–Crippen LogP) is 2.14. The molecule has 1 aromatic rings. The highest BCUT2D eigenvalue weighted by Gasteiger charge is 2.19. The normalized spacial score (nSPS) is 16.8. The van der Waals surface area contributed by atoms with Crippen LogP contribution in [0.15, 0.2) is 10.8 Å². The molecular formula is C13H22N2O2. The van der Waals surface area contributed by atoms with Crippen molar-refractivity contribution in [3.63, 3.8) is 0 Å². The van der Waals surface area contributed by atoms with Crippen LogP contribution >= 0.6 is 0 Å². The van der Waals surface area contributed by atoms with Gasteiger partial charge in [0.25, 0.3) is 0 Å². The molecule has 17 heavy (non-hydrogen) atoms. The van der Waals surface area contributed by atoms with Crippen LogP contribution in [0.25, 0.3) is 0 Å². The summed E-state index contributed by atoms with van der Waals surface area (Å²) in [6.45, 7) is 2.37. The van der Waals surface area contributed by atoms with Crippen LogP contribution in [0.4, 0.5) is 0 Å². The number of oxazole rings is 1. The Labute approximate surface area is 103 Å².